The lowest BCUT2D eigenvalue weighted by molar-refractivity contribution is -0.117. The molecule has 0 N–H and O–H groups in total. The Morgan fingerprint density at radius 2 is 1.85 bits per heavy atom. The van der Waals surface area contributed by atoms with Gasteiger partial charge in [-0.15, -0.1) is 0 Å². The molecule has 0 amide bonds. The van der Waals surface area contributed by atoms with Gasteiger partial charge in [-0.1, -0.05) is 57.6 Å². The number of nitrogens with zero attached hydrogens (tertiary/aromatic N) is 1. The van der Waals surface area contributed by atoms with Gasteiger partial charge in [0.2, 0.25) is 12.1 Å². The van der Waals surface area contributed by atoms with Crippen molar-refractivity contribution in [3.05, 3.63) is 58.2 Å². The Hall–Kier alpha value is -2.24. The lowest BCUT2D eigenvalue weighted by atomic mass is 9.79. The highest BCUT2D eigenvalue weighted by atomic mass is 16.7. The maximum Gasteiger partial charge on any atom is 0.230 e. The Morgan fingerprint density at radius 3 is 2.64 bits per heavy atom. The molecular weight excluding hydrogens is 414 g/mol. The normalized spacial score (nSPS) is 19.9. The molecule has 5 nitrogen and oxygen atoms in total. The molecule has 1 atom stereocenters. The summed E-state index contributed by atoms with van der Waals surface area (Å²) >= 11 is 0. The van der Waals surface area contributed by atoms with E-state index in [2.05, 4.69) is 13.0 Å². The van der Waals surface area contributed by atoms with Crippen molar-refractivity contribution in [3.8, 4) is 0 Å². The zero-order valence-electron chi connectivity index (χ0n) is 20.3. The molecule has 1 saturated carbocycles. The number of furan rings is 1. The number of Topliss-reactive ketones (excluding diaryl/α,β-unsaturated/α-hetero) is 1. The fourth-order valence-electron chi connectivity index (χ4n) is 5.26. The molecule has 1 fully saturated rings. The van der Waals surface area contributed by atoms with Gasteiger partial charge in [0, 0.05) is 25.8 Å². The van der Waals surface area contributed by atoms with Crippen LogP contribution in [-0.2, 0) is 9.47 Å². The minimum atomic E-state index is -0.625. The molecule has 0 bridgehead atoms. The Balaban J connectivity index is 1.56. The number of aliphatic imine (C=N–C) groups is 1. The molecule has 4 rings (SSSR count). The van der Waals surface area contributed by atoms with Crippen molar-refractivity contribution in [1.82, 2.24) is 0 Å². The second kappa shape index (κ2) is 11.3. The van der Waals surface area contributed by atoms with E-state index in [0.717, 1.165) is 25.0 Å². The number of carbonyl (C=O) groups is 1. The van der Waals surface area contributed by atoms with Crippen LogP contribution in [0, 0.1) is 5.92 Å². The Bertz CT molecular complexity index is 974. The zero-order chi connectivity index (χ0) is 23.2. The third-order valence-corrected chi connectivity index (χ3v) is 7.01. The first kappa shape index (κ1) is 23.9. The van der Waals surface area contributed by atoms with E-state index in [4.69, 9.17) is 18.9 Å². The molecule has 33 heavy (non-hydrogen) atoms. The first-order chi connectivity index (χ1) is 16.2. The third kappa shape index (κ3) is 5.15. The fourth-order valence-corrected chi connectivity index (χ4v) is 5.26. The summed E-state index contributed by atoms with van der Waals surface area (Å²) in [6, 6.07) is 3.44. The number of allylic oxidation sites excluding steroid dienone is 5. The first-order valence-corrected chi connectivity index (χ1v) is 12.6. The standard InChI is InChI=1S/C28H37NO4/c1-4-5-6-7-8-9-12-19-15-16-21(26-25(19)20-13-10-11-14-22(20)29-26)27(30)23-17-18-24(33-23)28(31-2)32-3/h15-19,28H,4-14H2,1-3H3. The number of hydrogen-bond donors (Lipinski definition) is 0. The molecule has 178 valence electrons. The van der Waals surface area contributed by atoms with Crippen molar-refractivity contribution < 1.29 is 18.7 Å². The molecule has 1 unspecified atom stereocenters. The first-order valence-electron chi connectivity index (χ1n) is 12.6. The van der Waals surface area contributed by atoms with Crippen LogP contribution in [0.15, 0.2) is 56.1 Å². The van der Waals surface area contributed by atoms with Gasteiger partial charge >= 0.3 is 0 Å². The molecule has 0 aromatic carbocycles. The van der Waals surface area contributed by atoms with E-state index >= 15 is 0 Å². The third-order valence-electron chi connectivity index (χ3n) is 7.01. The summed E-state index contributed by atoms with van der Waals surface area (Å²) in [5.41, 5.74) is 5.44. The van der Waals surface area contributed by atoms with Crippen molar-refractivity contribution in [2.75, 3.05) is 14.2 Å². The average Bonchev–Trinajstić information content (AvgIpc) is 3.47. The summed E-state index contributed by atoms with van der Waals surface area (Å²) in [7, 11) is 3.09. The number of hydrogen-bond acceptors (Lipinski definition) is 5. The summed E-state index contributed by atoms with van der Waals surface area (Å²) in [5.74, 6) is 1.01. The zero-order valence-corrected chi connectivity index (χ0v) is 20.3. The molecule has 2 heterocycles. The SMILES string of the molecule is CCCCCCCCC1C=CC(C(=O)c2ccc(C(OC)OC)o2)=C2N=C3CCCCC3=C21. The molecule has 2 aliphatic carbocycles. The predicted octanol–water partition coefficient (Wildman–Crippen LogP) is 7.27. The highest BCUT2D eigenvalue weighted by Crippen LogP contribution is 2.44. The summed E-state index contributed by atoms with van der Waals surface area (Å²) in [4.78, 5) is 18.5. The fraction of sp³-hybridized carbons (Fsp3) is 0.571. The topological polar surface area (TPSA) is 61.0 Å². The highest BCUT2D eigenvalue weighted by Gasteiger charge is 2.35. The Morgan fingerprint density at radius 1 is 1.09 bits per heavy atom. The summed E-state index contributed by atoms with van der Waals surface area (Å²) in [5, 5.41) is 0. The van der Waals surface area contributed by atoms with Crippen LogP contribution in [0.5, 0.6) is 0 Å². The molecule has 0 spiro atoms. The molecule has 3 aliphatic rings. The van der Waals surface area contributed by atoms with Crippen molar-refractivity contribution in [2.45, 2.75) is 83.8 Å². The van der Waals surface area contributed by atoms with Crippen LogP contribution in [0.3, 0.4) is 0 Å². The number of fused-ring (bicyclic) bond motifs is 2. The molecule has 1 aliphatic heterocycles. The van der Waals surface area contributed by atoms with E-state index in [9.17, 15) is 4.79 Å². The van der Waals surface area contributed by atoms with E-state index in [1.54, 1.807) is 26.4 Å². The van der Waals surface area contributed by atoms with Gasteiger partial charge in [0.25, 0.3) is 0 Å². The van der Waals surface area contributed by atoms with Crippen LogP contribution < -0.4 is 0 Å². The smallest absolute Gasteiger partial charge is 0.230 e. The van der Waals surface area contributed by atoms with Gasteiger partial charge in [0.1, 0.15) is 0 Å². The van der Waals surface area contributed by atoms with Crippen LogP contribution in [-0.4, -0.2) is 25.7 Å². The van der Waals surface area contributed by atoms with Crippen LogP contribution in [0.1, 0.15) is 100 Å². The number of rotatable bonds is 12. The van der Waals surface area contributed by atoms with E-state index in [0.29, 0.717) is 23.0 Å². The number of ketones is 1. The minimum absolute atomic E-state index is 0.127. The van der Waals surface area contributed by atoms with E-state index in [1.165, 1.54) is 68.2 Å². The van der Waals surface area contributed by atoms with Crippen LogP contribution >= 0.6 is 0 Å². The van der Waals surface area contributed by atoms with Gasteiger partial charge in [0.05, 0.1) is 11.3 Å². The van der Waals surface area contributed by atoms with E-state index in [-0.39, 0.29) is 5.78 Å². The molecule has 0 radical (unpaired) electrons. The molecule has 0 saturated heterocycles. The largest absolute Gasteiger partial charge is 0.452 e. The maximum absolute atomic E-state index is 13.5. The van der Waals surface area contributed by atoms with E-state index in [1.807, 2.05) is 6.08 Å². The predicted molar refractivity (Wildman–Crippen MR) is 130 cm³/mol. The van der Waals surface area contributed by atoms with Crippen LogP contribution in [0.4, 0.5) is 0 Å². The second-order valence-electron chi connectivity index (χ2n) is 9.28. The minimum Gasteiger partial charge on any atom is -0.452 e. The van der Waals surface area contributed by atoms with Crippen molar-refractivity contribution in [3.63, 3.8) is 0 Å². The van der Waals surface area contributed by atoms with Gasteiger partial charge in [-0.05, 0) is 55.4 Å². The quantitative estimate of drug-likeness (QED) is 0.190. The number of methoxy groups -OCH3 is 2. The summed E-state index contributed by atoms with van der Waals surface area (Å²) < 4.78 is 16.3. The maximum atomic E-state index is 13.5. The van der Waals surface area contributed by atoms with Crippen molar-refractivity contribution in [2.24, 2.45) is 10.9 Å². The molecular formula is C28H37NO4. The summed E-state index contributed by atoms with van der Waals surface area (Å²) in [6.07, 6.45) is 17.0. The lowest BCUT2D eigenvalue weighted by Gasteiger charge is -2.24. The Labute approximate surface area is 197 Å². The average molecular weight is 452 g/mol. The number of unbranched alkanes of at least 4 members (excludes halogenated alkanes) is 5. The molecule has 1 aromatic rings. The van der Waals surface area contributed by atoms with Crippen molar-refractivity contribution in [1.29, 1.82) is 0 Å². The monoisotopic (exact) mass is 451 g/mol. The number of carbonyl (C=O) groups excluding carboxylic acids is 1. The molecule has 5 heteroatoms. The second-order valence-corrected chi connectivity index (χ2v) is 9.28. The summed E-state index contributed by atoms with van der Waals surface area (Å²) in [6.45, 7) is 2.26. The molecule has 1 aromatic heterocycles. The van der Waals surface area contributed by atoms with Crippen molar-refractivity contribution >= 4 is 11.5 Å². The lowest BCUT2D eigenvalue weighted by Crippen LogP contribution is -2.15. The highest BCUT2D eigenvalue weighted by molar-refractivity contribution is 6.13. The van der Waals surface area contributed by atoms with Gasteiger partial charge < -0.3 is 13.9 Å². The Kier molecular flexibility index (Phi) is 8.15. The van der Waals surface area contributed by atoms with Gasteiger partial charge in [0.15, 0.2) is 11.5 Å². The number of ether oxygens (including phenoxy) is 2. The van der Waals surface area contributed by atoms with Crippen LogP contribution in [0.25, 0.3) is 0 Å². The van der Waals surface area contributed by atoms with E-state index < -0.39 is 6.29 Å². The van der Waals surface area contributed by atoms with Gasteiger partial charge in [-0.3, -0.25) is 9.79 Å². The van der Waals surface area contributed by atoms with Gasteiger partial charge in [-0.25, -0.2) is 0 Å². The van der Waals surface area contributed by atoms with Crippen LogP contribution in [0.2, 0.25) is 0 Å². The van der Waals surface area contributed by atoms with Gasteiger partial charge in [-0.2, -0.15) is 0 Å².